The summed E-state index contributed by atoms with van der Waals surface area (Å²) < 4.78 is 14.4. The van der Waals surface area contributed by atoms with Gasteiger partial charge in [-0.1, -0.05) is 11.2 Å². The van der Waals surface area contributed by atoms with Gasteiger partial charge in [0.2, 0.25) is 0 Å². The molecule has 0 N–H and O–H groups in total. The number of methoxy groups -OCH3 is 2. The number of hydrogen-bond donors (Lipinski definition) is 0. The molecule has 0 bridgehead atoms. The third kappa shape index (κ3) is 4.25. The number of ether oxygens (including phenoxy) is 2. The molecule has 10 heteroatoms. The van der Waals surface area contributed by atoms with Crippen molar-refractivity contribution >= 4 is 22.9 Å². The molecule has 4 heterocycles. The molecule has 0 saturated heterocycles. The van der Waals surface area contributed by atoms with Crippen molar-refractivity contribution in [3.63, 3.8) is 0 Å². The van der Waals surface area contributed by atoms with Crippen molar-refractivity contribution in [2.24, 2.45) is 5.16 Å². The first-order chi connectivity index (χ1) is 17.1. The number of hydrogen-bond acceptors (Lipinski definition) is 8. The molecule has 1 aromatic carbocycles. The highest BCUT2D eigenvalue weighted by Crippen LogP contribution is 2.28. The van der Waals surface area contributed by atoms with Gasteiger partial charge in [0.15, 0.2) is 29.6 Å². The summed E-state index contributed by atoms with van der Waals surface area (Å²) in [7, 11) is 3.18. The average Bonchev–Trinajstić information content (AvgIpc) is 3.41. The molecule has 0 aliphatic rings. The summed E-state index contributed by atoms with van der Waals surface area (Å²) in [5.41, 5.74) is 5.60. The Bertz CT molecular complexity index is 1520. The van der Waals surface area contributed by atoms with Crippen molar-refractivity contribution in [3.8, 4) is 11.5 Å². The molecule has 35 heavy (non-hydrogen) atoms. The number of oxime groups is 1. The van der Waals surface area contributed by atoms with Crippen LogP contribution in [0.15, 0.2) is 54.1 Å². The lowest BCUT2D eigenvalue weighted by Crippen LogP contribution is -2.04. The van der Waals surface area contributed by atoms with Crippen molar-refractivity contribution in [2.75, 3.05) is 14.2 Å². The van der Waals surface area contributed by atoms with Crippen LogP contribution >= 0.6 is 0 Å². The van der Waals surface area contributed by atoms with Crippen LogP contribution in [0.3, 0.4) is 0 Å². The van der Waals surface area contributed by atoms with Crippen molar-refractivity contribution < 1.29 is 14.3 Å². The van der Waals surface area contributed by atoms with Crippen molar-refractivity contribution in [2.45, 2.75) is 27.0 Å². The summed E-state index contributed by atoms with van der Waals surface area (Å²) in [6, 6.07) is 11.4. The number of aromatic nitrogens is 6. The molecule has 5 rings (SSSR count). The van der Waals surface area contributed by atoms with Gasteiger partial charge in [-0.05, 0) is 49.7 Å². The molecule has 0 amide bonds. The van der Waals surface area contributed by atoms with Crippen LogP contribution in [0, 0.1) is 13.8 Å². The van der Waals surface area contributed by atoms with Crippen molar-refractivity contribution in [3.05, 3.63) is 77.3 Å². The molecule has 0 radical (unpaired) electrons. The summed E-state index contributed by atoms with van der Waals surface area (Å²) in [4.78, 5) is 19.3. The van der Waals surface area contributed by atoms with E-state index in [0.717, 1.165) is 39.2 Å². The minimum Gasteiger partial charge on any atom is -0.493 e. The van der Waals surface area contributed by atoms with E-state index in [1.165, 1.54) is 0 Å². The molecule has 4 aromatic heterocycles. The van der Waals surface area contributed by atoms with E-state index in [1.54, 1.807) is 37.5 Å². The second-order valence-electron chi connectivity index (χ2n) is 7.98. The largest absolute Gasteiger partial charge is 0.493 e. The first-order valence-corrected chi connectivity index (χ1v) is 11.1. The standard InChI is InChI=1S/C25H25N7O3/c1-16-17(2)31(13-19-7-5-6-10-26-19)24-23(16)25-29-22(30-32(25)15-27-24)14-35-28-12-18-8-9-20(33-3)21(11-18)34-4/h5-12,15H,13-14H2,1-4H3/b28-12+. The Hall–Kier alpha value is -4.47. The minimum absolute atomic E-state index is 0.125. The quantitative estimate of drug-likeness (QED) is 0.251. The Morgan fingerprint density at radius 3 is 2.63 bits per heavy atom. The monoisotopic (exact) mass is 471 g/mol. The van der Waals surface area contributed by atoms with Gasteiger partial charge in [0.05, 0.1) is 38.1 Å². The van der Waals surface area contributed by atoms with Crippen LogP contribution in [-0.2, 0) is 18.0 Å². The molecule has 0 unspecified atom stereocenters. The fourth-order valence-corrected chi connectivity index (χ4v) is 4.01. The Labute approximate surface area is 201 Å². The fourth-order valence-electron chi connectivity index (χ4n) is 4.01. The Kier molecular flexibility index (Phi) is 6.01. The molecule has 0 aliphatic carbocycles. The van der Waals surface area contributed by atoms with E-state index < -0.39 is 0 Å². The fraction of sp³-hybridized carbons (Fsp3) is 0.240. The van der Waals surface area contributed by atoms with E-state index >= 15 is 0 Å². The third-order valence-electron chi connectivity index (χ3n) is 5.91. The van der Waals surface area contributed by atoms with Crippen LogP contribution < -0.4 is 9.47 Å². The van der Waals surface area contributed by atoms with Gasteiger partial charge in [0, 0.05) is 17.5 Å². The van der Waals surface area contributed by atoms with E-state index in [9.17, 15) is 0 Å². The van der Waals surface area contributed by atoms with Crippen LogP contribution in [0.2, 0.25) is 0 Å². The normalized spacial score (nSPS) is 11.5. The van der Waals surface area contributed by atoms with Crippen molar-refractivity contribution in [1.82, 2.24) is 29.1 Å². The highest BCUT2D eigenvalue weighted by Gasteiger charge is 2.18. The molecule has 0 atom stereocenters. The average molecular weight is 472 g/mol. The maximum absolute atomic E-state index is 5.46. The molecule has 0 fully saturated rings. The highest BCUT2D eigenvalue weighted by atomic mass is 16.6. The van der Waals surface area contributed by atoms with Gasteiger partial charge in [-0.3, -0.25) is 4.98 Å². The SMILES string of the molecule is COc1ccc(/C=N/OCc2nc3c4c(C)c(C)n(Cc5ccccn5)c4ncn3n2)cc1OC. The molecule has 0 spiro atoms. The maximum Gasteiger partial charge on any atom is 0.192 e. The van der Waals surface area contributed by atoms with E-state index in [2.05, 4.69) is 38.6 Å². The molecular formula is C25H25N7O3. The van der Waals surface area contributed by atoms with Crippen LogP contribution in [0.5, 0.6) is 11.5 Å². The second-order valence-corrected chi connectivity index (χ2v) is 7.98. The smallest absolute Gasteiger partial charge is 0.192 e. The van der Waals surface area contributed by atoms with Gasteiger partial charge < -0.3 is 18.9 Å². The van der Waals surface area contributed by atoms with Crippen LogP contribution in [0.25, 0.3) is 16.7 Å². The summed E-state index contributed by atoms with van der Waals surface area (Å²) in [5, 5.41) is 9.52. The molecule has 178 valence electrons. The Balaban J connectivity index is 1.37. The topological polar surface area (TPSA) is 101 Å². The van der Waals surface area contributed by atoms with E-state index in [1.807, 2.05) is 36.4 Å². The van der Waals surface area contributed by atoms with Crippen LogP contribution in [0.1, 0.15) is 28.3 Å². The first-order valence-electron chi connectivity index (χ1n) is 11.1. The minimum atomic E-state index is 0.125. The zero-order valence-corrected chi connectivity index (χ0v) is 20.0. The van der Waals surface area contributed by atoms with Crippen LogP contribution in [-0.4, -0.2) is 49.6 Å². The van der Waals surface area contributed by atoms with Gasteiger partial charge in [-0.2, -0.15) is 0 Å². The number of fused-ring (bicyclic) bond motifs is 3. The first kappa shape index (κ1) is 22.3. The molecule has 0 aliphatic heterocycles. The van der Waals surface area contributed by atoms with E-state index in [-0.39, 0.29) is 6.61 Å². The number of pyridine rings is 1. The van der Waals surface area contributed by atoms with Gasteiger partial charge in [0.1, 0.15) is 12.0 Å². The summed E-state index contributed by atoms with van der Waals surface area (Å²) in [6.45, 7) is 4.92. The lowest BCUT2D eigenvalue weighted by molar-refractivity contribution is 0.126. The number of rotatable bonds is 8. The Morgan fingerprint density at radius 1 is 1.00 bits per heavy atom. The molecule has 10 nitrogen and oxygen atoms in total. The van der Waals surface area contributed by atoms with Gasteiger partial charge in [-0.15, -0.1) is 5.10 Å². The third-order valence-corrected chi connectivity index (χ3v) is 5.91. The van der Waals surface area contributed by atoms with E-state index in [0.29, 0.717) is 23.9 Å². The van der Waals surface area contributed by atoms with Crippen molar-refractivity contribution in [1.29, 1.82) is 0 Å². The predicted molar refractivity (Wildman–Crippen MR) is 131 cm³/mol. The molecule has 0 saturated carbocycles. The Morgan fingerprint density at radius 2 is 1.86 bits per heavy atom. The summed E-state index contributed by atoms with van der Waals surface area (Å²) >= 11 is 0. The number of benzene rings is 1. The van der Waals surface area contributed by atoms with Gasteiger partial charge >= 0.3 is 0 Å². The number of aryl methyl sites for hydroxylation is 1. The summed E-state index contributed by atoms with van der Waals surface area (Å²) in [6.07, 6.45) is 5.07. The predicted octanol–water partition coefficient (Wildman–Crippen LogP) is 3.71. The zero-order chi connectivity index (χ0) is 24.4. The highest BCUT2D eigenvalue weighted by molar-refractivity contribution is 5.93. The van der Waals surface area contributed by atoms with E-state index in [4.69, 9.17) is 19.3 Å². The zero-order valence-electron chi connectivity index (χ0n) is 20.0. The number of nitrogens with zero attached hydrogens (tertiary/aromatic N) is 7. The van der Waals surface area contributed by atoms with Gasteiger partial charge in [0.25, 0.3) is 0 Å². The van der Waals surface area contributed by atoms with Crippen LogP contribution in [0.4, 0.5) is 0 Å². The summed E-state index contributed by atoms with van der Waals surface area (Å²) in [5.74, 6) is 1.78. The molecular weight excluding hydrogens is 446 g/mol. The lowest BCUT2D eigenvalue weighted by Gasteiger charge is -2.07. The van der Waals surface area contributed by atoms with Gasteiger partial charge in [-0.25, -0.2) is 14.5 Å². The second kappa shape index (κ2) is 9.41. The maximum atomic E-state index is 5.46. The molecule has 5 aromatic rings. The lowest BCUT2D eigenvalue weighted by atomic mass is 10.2.